The molecule has 1 aliphatic carbocycles. The minimum absolute atomic E-state index is 0.0751. The fourth-order valence-electron chi connectivity index (χ4n) is 2.45. The molecule has 1 rings (SSSR count). The molecule has 0 amide bonds. The van der Waals surface area contributed by atoms with Crippen molar-refractivity contribution < 1.29 is 4.74 Å². The van der Waals surface area contributed by atoms with Crippen LogP contribution in [0.3, 0.4) is 0 Å². The van der Waals surface area contributed by atoms with Crippen molar-refractivity contribution in [2.75, 3.05) is 6.61 Å². The molecule has 1 N–H and O–H groups in total. The monoisotopic (exact) mass is 238 g/mol. The Balaban J connectivity index is 2.19. The lowest BCUT2D eigenvalue weighted by molar-refractivity contribution is -0.00742. The van der Waals surface area contributed by atoms with Gasteiger partial charge in [-0.15, -0.1) is 0 Å². The third kappa shape index (κ3) is 5.52. The summed E-state index contributed by atoms with van der Waals surface area (Å²) in [6.07, 6.45) is 6.32. The maximum atomic E-state index is 9.00. The molecule has 3 atom stereocenters. The van der Waals surface area contributed by atoms with Gasteiger partial charge in [0.1, 0.15) is 0 Å². The van der Waals surface area contributed by atoms with E-state index in [1.807, 2.05) is 0 Å². The van der Waals surface area contributed by atoms with Crippen LogP contribution < -0.4 is 5.32 Å². The standard InChI is InChI=1S/C14H26N2O/c1-11(2)16-13(10-15)8-9-17-14-7-5-4-6-12(14)3/h11-14,16H,4-9H2,1-3H3. The van der Waals surface area contributed by atoms with Crippen molar-refractivity contribution in [3.63, 3.8) is 0 Å². The zero-order valence-corrected chi connectivity index (χ0v) is 11.4. The molecule has 1 saturated carbocycles. The van der Waals surface area contributed by atoms with Crippen LogP contribution in [0.5, 0.6) is 0 Å². The maximum Gasteiger partial charge on any atom is 0.0976 e. The Hall–Kier alpha value is -0.590. The summed E-state index contributed by atoms with van der Waals surface area (Å²) in [4.78, 5) is 0. The molecule has 1 aliphatic rings. The Morgan fingerprint density at radius 2 is 2.06 bits per heavy atom. The van der Waals surface area contributed by atoms with Crippen LogP contribution in [0.2, 0.25) is 0 Å². The highest BCUT2D eigenvalue weighted by atomic mass is 16.5. The van der Waals surface area contributed by atoms with Gasteiger partial charge in [-0.25, -0.2) is 0 Å². The molecule has 0 bridgehead atoms. The fourth-order valence-corrected chi connectivity index (χ4v) is 2.45. The average Bonchev–Trinajstić information content (AvgIpc) is 2.29. The highest BCUT2D eigenvalue weighted by molar-refractivity contribution is 4.90. The SMILES string of the molecule is CC(C)NC(C#N)CCOC1CCCCC1C. The van der Waals surface area contributed by atoms with Crippen molar-refractivity contribution in [2.24, 2.45) is 5.92 Å². The van der Waals surface area contributed by atoms with Crippen LogP contribution in [0, 0.1) is 17.2 Å². The van der Waals surface area contributed by atoms with E-state index in [1.54, 1.807) is 0 Å². The molecule has 0 aromatic heterocycles. The lowest BCUT2D eigenvalue weighted by atomic mass is 9.88. The number of nitrogens with zero attached hydrogens (tertiary/aromatic N) is 1. The summed E-state index contributed by atoms with van der Waals surface area (Å²) < 4.78 is 5.92. The minimum Gasteiger partial charge on any atom is -0.378 e. The molecule has 0 heterocycles. The van der Waals surface area contributed by atoms with E-state index in [4.69, 9.17) is 10.00 Å². The van der Waals surface area contributed by atoms with Gasteiger partial charge in [-0.3, -0.25) is 5.32 Å². The number of nitrogens with one attached hydrogen (secondary N) is 1. The molecule has 0 aromatic rings. The van der Waals surface area contributed by atoms with Gasteiger partial charge in [-0.2, -0.15) is 5.26 Å². The molecule has 0 aliphatic heterocycles. The molecule has 1 fully saturated rings. The summed E-state index contributed by atoms with van der Waals surface area (Å²) in [5.41, 5.74) is 0. The largest absolute Gasteiger partial charge is 0.378 e. The highest BCUT2D eigenvalue weighted by Gasteiger charge is 2.22. The molecule has 0 aromatic carbocycles. The molecular formula is C14H26N2O. The summed E-state index contributed by atoms with van der Waals surface area (Å²) in [6, 6.07) is 2.57. The smallest absolute Gasteiger partial charge is 0.0976 e. The van der Waals surface area contributed by atoms with Crippen molar-refractivity contribution in [1.82, 2.24) is 5.32 Å². The lowest BCUT2D eigenvalue weighted by Gasteiger charge is -2.29. The second-order valence-electron chi connectivity index (χ2n) is 5.46. The van der Waals surface area contributed by atoms with E-state index in [9.17, 15) is 0 Å². The zero-order chi connectivity index (χ0) is 12.7. The lowest BCUT2D eigenvalue weighted by Crippen LogP contribution is -2.35. The Morgan fingerprint density at radius 3 is 2.65 bits per heavy atom. The van der Waals surface area contributed by atoms with E-state index < -0.39 is 0 Å². The predicted molar refractivity (Wildman–Crippen MR) is 69.7 cm³/mol. The van der Waals surface area contributed by atoms with Crippen LogP contribution in [-0.4, -0.2) is 24.8 Å². The maximum absolute atomic E-state index is 9.00. The predicted octanol–water partition coefficient (Wildman–Crippen LogP) is 2.86. The normalized spacial score (nSPS) is 26.8. The van der Waals surface area contributed by atoms with Crippen LogP contribution in [0.25, 0.3) is 0 Å². The van der Waals surface area contributed by atoms with E-state index in [1.165, 1.54) is 25.7 Å². The van der Waals surface area contributed by atoms with Gasteiger partial charge in [-0.05, 0) is 39.0 Å². The first-order valence-electron chi connectivity index (χ1n) is 6.90. The molecule has 0 spiro atoms. The minimum atomic E-state index is -0.0751. The average molecular weight is 238 g/mol. The van der Waals surface area contributed by atoms with E-state index in [0.29, 0.717) is 24.7 Å². The third-order valence-electron chi connectivity index (χ3n) is 3.46. The van der Waals surface area contributed by atoms with Gasteiger partial charge in [0.05, 0.1) is 18.2 Å². The Labute approximate surface area is 106 Å². The van der Waals surface area contributed by atoms with Crippen molar-refractivity contribution in [2.45, 2.75) is 71.1 Å². The number of nitriles is 1. The highest BCUT2D eigenvalue weighted by Crippen LogP contribution is 2.26. The van der Waals surface area contributed by atoms with Crippen LogP contribution >= 0.6 is 0 Å². The van der Waals surface area contributed by atoms with Crippen molar-refractivity contribution in [1.29, 1.82) is 5.26 Å². The second kappa shape index (κ2) is 7.68. The molecule has 3 unspecified atom stereocenters. The zero-order valence-electron chi connectivity index (χ0n) is 11.4. The number of rotatable bonds is 6. The first-order chi connectivity index (χ1) is 8.13. The molecule has 98 valence electrons. The van der Waals surface area contributed by atoms with Crippen molar-refractivity contribution in [3.8, 4) is 6.07 Å². The van der Waals surface area contributed by atoms with Crippen LogP contribution in [0.1, 0.15) is 52.9 Å². The second-order valence-corrected chi connectivity index (χ2v) is 5.46. The summed E-state index contributed by atoms with van der Waals surface area (Å²) in [5.74, 6) is 0.683. The van der Waals surface area contributed by atoms with E-state index in [2.05, 4.69) is 32.2 Å². The van der Waals surface area contributed by atoms with Gasteiger partial charge >= 0.3 is 0 Å². The van der Waals surface area contributed by atoms with E-state index in [-0.39, 0.29) is 6.04 Å². The Bertz CT molecular complexity index is 247. The van der Waals surface area contributed by atoms with Gasteiger partial charge in [0.2, 0.25) is 0 Å². The van der Waals surface area contributed by atoms with Crippen LogP contribution in [0.15, 0.2) is 0 Å². The summed E-state index contributed by atoms with van der Waals surface area (Å²) in [5, 5.41) is 12.2. The Morgan fingerprint density at radius 1 is 1.35 bits per heavy atom. The van der Waals surface area contributed by atoms with Gasteiger partial charge in [0.25, 0.3) is 0 Å². The Kier molecular flexibility index (Phi) is 6.54. The van der Waals surface area contributed by atoms with Gasteiger partial charge in [0, 0.05) is 12.6 Å². The number of ether oxygens (including phenoxy) is 1. The first kappa shape index (κ1) is 14.5. The molecule has 0 saturated heterocycles. The third-order valence-corrected chi connectivity index (χ3v) is 3.46. The van der Waals surface area contributed by atoms with Crippen LogP contribution in [0.4, 0.5) is 0 Å². The molecule has 3 heteroatoms. The van der Waals surface area contributed by atoms with E-state index in [0.717, 1.165) is 6.42 Å². The topological polar surface area (TPSA) is 45.0 Å². The van der Waals surface area contributed by atoms with Gasteiger partial charge in [0.15, 0.2) is 0 Å². The molecule has 0 radical (unpaired) electrons. The van der Waals surface area contributed by atoms with Crippen molar-refractivity contribution in [3.05, 3.63) is 0 Å². The summed E-state index contributed by atoms with van der Waals surface area (Å²) in [7, 11) is 0. The summed E-state index contributed by atoms with van der Waals surface area (Å²) >= 11 is 0. The first-order valence-corrected chi connectivity index (χ1v) is 6.90. The van der Waals surface area contributed by atoms with Gasteiger partial charge < -0.3 is 4.74 Å². The van der Waals surface area contributed by atoms with Crippen molar-refractivity contribution >= 4 is 0 Å². The van der Waals surface area contributed by atoms with Crippen LogP contribution in [-0.2, 0) is 4.74 Å². The number of hydrogen-bond donors (Lipinski definition) is 1. The summed E-state index contributed by atoms with van der Waals surface area (Å²) in [6.45, 7) is 7.10. The van der Waals surface area contributed by atoms with E-state index >= 15 is 0 Å². The molecule has 3 nitrogen and oxygen atoms in total. The quantitative estimate of drug-likeness (QED) is 0.774. The molecule has 17 heavy (non-hydrogen) atoms. The number of hydrogen-bond acceptors (Lipinski definition) is 3. The van der Waals surface area contributed by atoms with Gasteiger partial charge in [-0.1, -0.05) is 19.8 Å². The molecular weight excluding hydrogens is 212 g/mol. The fraction of sp³-hybridized carbons (Fsp3) is 0.929.